The minimum absolute atomic E-state index is 0.0671. The first-order valence-electron chi connectivity index (χ1n) is 11.6. The first-order valence-corrected chi connectivity index (χ1v) is 11.6. The number of rotatable bonds is 2. The van der Waals surface area contributed by atoms with E-state index < -0.39 is 0 Å². The number of fused-ring (bicyclic) bond motifs is 4. The van der Waals surface area contributed by atoms with E-state index in [1.54, 1.807) is 10.8 Å². The summed E-state index contributed by atoms with van der Waals surface area (Å²) in [5.41, 5.74) is 4.53. The third kappa shape index (κ3) is 3.16. The van der Waals surface area contributed by atoms with Crippen LogP contribution in [0.1, 0.15) is 36.3 Å². The Bertz CT molecular complexity index is 1170. The second-order valence-corrected chi connectivity index (χ2v) is 9.58. The fourth-order valence-electron chi connectivity index (χ4n) is 5.81. The summed E-state index contributed by atoms with van der Waals surface area (Å²) in [6, 6.07) is 10.9. The van der Waals surface area contributed by atoms with Gasteiger partial charge in [0.25, 0.3) is 0 Å². The summed E-state index contributed by atoms with van der Waals surface area (Å²) in [6.45, 7) is 5.90. The zero-order chi connectivity index (χ0) is 21.8. The highest BCUT2D eigenvalue weighted by Gasteiger charge is 2.45. The summed E-state index contributed by atoms with van der Waals surface area (Å²) in [5.74, 6) is 1.72. The molecule has 8 nitrogen and oxygen atoms in total. The molecule has 2 saturated heterocycles. The molecule has 8 heteroatoms. The highest BCUT2D eigenvalue weighted by molar-refractivity contribution is 5.98. The van der Waals surface area contributed by atoms with Crippen LogP contribution in [0, 0.1) is 12.8 Å². The number of hydrogen-bond acceptors (Lipinski definition) is 6. The van der Waals surface area contributed by atoms with Crippen molar-refractivity contribution in [3.8, 4) is 0 Å². The Morgan fingerprint density at radius 2 is 1.91 bits per heavy atom. The van der Waals surface area contributed by atoms with Crippen molar-refractivity contribution in [2.75, 3.05) is 43.0 Å². The van der Waals surface area contributed by atoms with E-state index in [9.17, 15) is 4.79 Å². The van der Waals surface area contributed by atoms with Crippen LogP contribution >= 0.6 is 0 Å². The molecule has 5 heterocycles. The van der Waals surface area contributed by atoms with Gasteiger partial charge in [0, 0.05) is 43.2 Å². The van der Waals surface area contributed by atoms with Gasteiger partial charge in [0.05, 0.1) is 0 Å². The summed E-state index contributed by atoms with van der Waals surface area (Å²) in [6.07, 6.45) is 4.38. The maximum atomic E-state index is 13.8. The minimum atomic E-state index is 0.0671. The fourth-order valence-corrected chi connectivity index (χ4v) is 5.81. The molecule has 3 aliphatic rings. The quantitative estimate of drug-likeness (QED) is 0.621. The third-order valence-corrected chi connectivity index (χ3v) is 7.51. The number of carbonyl (C=O) groups is 1. The Hall–Kier alpha value is -3.00. The number of piperidine rings is 2. The van der Waals surface area contributed by atoms with Crippen LogP contribution in [0.4, 0.5) is 11.5 Å². The molecule has 2 atom stereocenters. The number of carbonyl (C=O) groups excluding carboxylic acids is 1. The molecule has 1 aromatic carbocycles. The number of anilines is 2. The number of likely N-dealkylation sites (N-methyl/N-ethyl adjacent to an activating group) is 1. The number of nitrogens with zero attached hydrogens (tertiary/aromatic N) is 7. The molecular formula is C24H29N7O. The van der Waals surface area contributed by atoms with E-state index in [2.05, 4.69) is 62.2 Å². The van der Waals surface area contributed by atoms with Crippen molar-refractivity contribution in [3.05, 3.63) is 47.8 Å². The molecule has 6 rings (SSSR count). The van der Waals surface area contributed by atoms with Gasteiger partial charge in [0.2, 0.25) is 5.91 Å². The molecule has 0 radical (unpaired) electrons. The van der Waals surface area contributed by atoms with Crippen molar-refractivity contribution in [2.24, 2.45) is 5.92 Å². The van der Waals surface area contributed by atoms with Crippen LogP contribution in [0.5, 0.6) is 0 Å². The average Bonchev–Trinajstić information content (AvgIpc) is 3.40. The van der Waals surface area contributed by atoms with Crippen LogP contribution in [0.25, 0.3) is 5.65 Å². The van der Waals surface area contributed by atoms with Gasteiger partial charge in [-0.3, -0.25) is 4.79 Å². The topological polar surface area (TPSA) is 69.9 Å². The molecule has 0 spiro atoms. The Balaban J connectivity index is 1.21. The number of amides is 1. The average molecular weight is 432 g/mol. The minimum Gasteiger partial charge on any atom is -0.355 e. The lowest BCUT2D eigenvalue weighted by Crippen LogP contribution is -2.50. The van der Waals surface area contributed by atoms with E-state index >= 15 is 0 Å². The summed E-state index contributed by atoms with van der Waals surface area (Å²) < 4.78 is 1.70. The van der Waals surface area contributed by atoms with E-state index in [1.165, 1.54) is 11.1 Å². The second kappa shape index (κ2) is 7.55. The van der Waals surface area contributed by atoms with Gasteiger partial charge < -0.3 is 14.7 Å². The molecule has 3 aromatic rings. The summed E-state index contributed by atoms with van der Waals surface area (Å²) in [5, 5.41) is 12.6. The molecule has 0 bridgehead atoms. The van der Waals surface area contributed by atoms with Gasteiger partial charge in [-0.05, 0) is 63.5 Å². The summed E-state index contributed by atoms with van der Waals surface area (Å²) in [7, 11) is 2.19. The van der Waals surface area contributed by atoms with Crippen LogP contribution in [0.3, 0.4) is 0 Å². The van der Waals surface area contributed by atoms with E-state index in [0.717, 1.165) is 62.6 Å². The first kappa shape index (κ1) is 19.7. The third-order valence-electron chi connectivity index (χ3n) is 7.51. The van der Waals surface area contributed by atoms with E-state index in [0.29, 0.717) is 17.9 Å². The predicted octanol–water partition coefficient (Wildman–Crippen LogP) is 2.48. The lowest BCUT2D eigenvalue weighted by atomic mass is 9.88. The number of benzene rings is 1. The number of aromatic nitrogens is 4. The fraction of sp³-hybridized carbons (Fsp3) is 0.500. The lowest BCUT2D eigenvalue weighted by molar-refractivity contribution is -0.123. The summed E-state index contributed by atoms with van der Waals surface area (Å²) in [4.78, 5) is 20.7. The number of hydrogen-bond donors (Lipinski definition) is 0. The molecule has 1 amide bonds. The molecule has 2 unspecified atom stereocenters. The zero-order valence-electron chi connectivity index (χ0n) is 18.7. The van der Waals surface area contributed by atoms with E-state index in [1.807, 2.05) is 12.1 Å². The molecule has 0 aliphatic carbocycles. The predicted molar refractivity (Wildman–Crippen MR) is 123 cm³/mol. The number of aryl methyl sites for hydroxylation is 1. The number of likely N-dealkylation sites (tertiary alicyclic amines) is 1. The molecule has 0 saturated carbocycles. The SMILES string of the molecule is Cc1ccc2c(c1)C1CN(C)CCC1N2C(=O)C1CCN(c2ccc3nncn3n2)CC1. The molecule has 32 heavy (non-hydrogen) atoms. The maximum absolute atomic E-state index is 13.8. The monoisotopic (exact) mass is 431 g/mol. The van der Waals surface area contributed by atoms with Gasteiger partial charge in [0.15, 0.2) is 5.65 Å². The Morgan fingerprint density at radius 1 is 1.06 bits per heavy atom. The standard InChI is InChI=1S/C24H29N7O/c1-16-3-4-20-18(13-16)19-14-28(2)10-9-21(19)31(20)24(32)17-7-11-29(12-8-17)23-6-5-22-26-25-15-30(22)27-23/h3-6,13,15,17,19,21H,7-12,14H2,1-2H3. The zero-order valence-corrected chi connectivity index (χ0v) is 18.7. The Kier molecular flexibility index (Phi) is 4.64. The van der Waals surface area contributed by atoms with Crippen LogP contribution < -0.4 is 9.80 Å². The molecule has 166 valence electrons. The van der Waals surface area contributed by atoms with Crippen molar-refractivity contribution in [1.82, 2.24) is 24.7 Å². The summed E-state index contributed by atoms with van der Waals surface area (Å²) >= 11 is 0. The normalized spacial score (nSPS) is 24.1. The van der Waals surface area contributed by atoms with Crippen molar-refractivity contribution in [3.63, 3.8) is 0 Å². The van der Waals surface area contributed by atoms with Gasteiger partial charge in [-0.25, -0.2) is 0 Å². The van der Waals surface area contributed by atoms with Gasteiger partial charge >= 0.3 is 0 Å². The van der Waals surface area contributed by atoms with Crippen molar-refractivity contribution < 1.29 is 4.79 Å². The smallest absolute Gasteiger partial charge is 0.230 e. The van der Waals surface area contributed by atoms with Crippen LogP contribution in [-0.4, -0.2) is 69.9 Å². The Morgan fingerprint density at radius 3 is 2.75 bits per heavy atom. The van der Waals surface area contributed by atoms with Crippen LogP contribution in [0.2, 0.25) is 0 Å². The first-order chi connectivity index (χ1) is 15.6. The molecule has 2 aromatic heterocycles. The van der Waals surface area contributed by atoms with Crippen LogP contribution in [0.15, 0.2) is 36.7 Å². The highest BCUT2D eigenvalue weighted by Crippen LogP contribution is 2.46. The molecule has 0 N–H and O–H groups in total. The Labute approximate surface area is 187 Å². The largest absolute Gasteiger partial charge is 0.355 e. The van der Waals surface area contributed by atoms with Gasteiger partial charge in [-0.1, -0.05) is 17.7 Å². The van der Waals surface area contributed by atoms with Crippen LogP contribution in [-0.2, 0) is 4.79 Å². The maximum Gasteiger partial charge on any atom is 0.230 e. The molecular weight excluding hydrogens is 402 g/mol. The highest BCUT2D eigenvalue weighted by atomic mass is 16.2. The van der Waals surface area contributed by atoms with Crippen molar-refractivity contribution in [2.45, 2.75) is 38.1 Å². The van der Waals surface area contributed by atoms with Gasteiger partial charge in [-0.15, -0.1) is 15.3 Å². The van der Waals surface area contributed by atoms with Crippen molar-refractivity contribution >= 4 is 23.1 Å². The second-order valence-electron chi connectivity index (χ2n) is 9.58. The van der Waals surface area contributed by atoms with Crippen molar-refractivity contribution in [1.29, 1.82) is 0 Å². The van der Waals surface area contributed by atoms with E-state index in [-0.39, 0.29) is 5.92 Å². The van der Waals surface area contributed by atoms with E-state index in [4.69, 9.17) is 0 Å². The molecule has 3 aliphatic heterocycles. The molecule has 2 fully saturated rings. The van der Waals surface area contributed by atoms with Gasteiger partial charge in [-0.2, -0.15) is 4.52 Å². The lowest BCUT2D eigenvalue weighted by Gasteiger charge is -2.39. The van der Waals surface area contributed by atoms with Gasteiger partial charge in [0.1, 0.15) is 12.1 Å².